The second-order valence-corrected chi connectivity index (χ2v) is 7.13. The molecule has 0 radical (unpaired) electrons. The monoisotopic (exact) mass is 389 g/mol. The Morgan fingerprint density at radius 2 is 2.15 bits per heavy atom. The van der Waals surface area contributed by atoms with E-state index >= 15 is 0 Å². The highest BCUT2D eigenvalue weighted by molar-refractivity contribution is 6.30. The second kappa shape index (κ2) is 9.22. The van der Waals surface area contributed by atoms with Crippen molar-refractivity contribution in [2.45, 2.75) is 31.3 Å². The standard InChI is InChI=1S/C21H24ClNO4/c1-26-21(25)13-27-19-8-6-14-5-7-18(10-16(14)11-19)23-20(12-24)15-3-2-4-17(22)9-15/h2-4,6,8-9,11,18,20,23-24H,5,7,10,12-13H2,1H3/t18-,20?/m1/s1. The van der Waals surface area contributed by atoms with Gasteiger partial charge in [-0.3, -0.25) is 0 Å². The molecule has 0 aliphatic heterocycles. The normalized spacial score (nSPS) is 17.1. The summed E-state index contributed by atoms with van der Waals surface area (Å²) in [6, 6.07) is 13.6. The first kappa shape index (κ1) is 19.7. The van der Waals surface area contributed by atoms with Gasteiger partial charge in [0.05, 0.1) is 19.8 Å². The highest BCUT2D eigenvalue weighted by Gasteiger charge is 2.22. The summed E-state index contributed by atoms with van der Waals surface area (Å²) in [4.78, 5) is 11.2. The lowest BCUT2D eigenvalue weighted by molar-refractivity contribution is -0.142. The highest BCUT2D eigenvalue weighted by atomic mass is 35.5. The van der Waals surface area contributed by atoms with Gasteiger partial charge in [0.2, 0.25) is 0 Å². The summed E-state index contributed by atoms with van der Waals surface area (Å²) >= 11 is 6.08. The number of esters is 1. The number of aliphatic hydroxyl groups is 1. The largest absolute Gasteiger partial charge is 0.482 e. The number of halogens is 1. The van der Waals surface area contributed by atoms with Gasteiger partial charge in [0, 0.05) is 11.1 Å². The maximum atomic E-state index is 11.2. The van der Waals surface area contributed by atoms with Gasteiger partial charge in [-0.05, 0) is 60.2 Å². The number of methoxy groups -OCH3 is 1. The van der Waals surface area contributed by atoms with Crippen LogP contribution in [-0.4, -0.2) is 37.4 Å². The molecular formula is C21H24ClNO4. The lowest BCUT2D eigenvalue weighted by Crippen LogP contribution is -2.38. The number of aryl methyl sites for hydroxylation is 1. The molecule has 2 N–H and O–H groups in total. The fourth-order valence-corrected chi connectivity index (χ4v) is 3.63. The molecule has 1 aliphatic rings. The fraction of sp³-hybridized carbons (Fsp3) is 0.381. The van der Waals surface area contributed by atoms with Crippen LogP contribution >= 0.6 is 11.6 Å². The molecule has 0 heterocycles. The van der Waals surface area contributed by atoms with Crippen LogP contribution in [0.1, 0.15) is 29.2 Å². The van der Waals surface area contributed by atoms with Crippen LogP contribution < -0.4 is 10.1 Å². The van der Waals surface area contributed by atoms with E-state index in [4.69, 9.17) is 16.3 Å². The molecule has 2 atom stereocenters. The van der Waals surface area contributed by atoms with Gasteiger partial charge in [0.25, 0.3) is 0 Å². The van der Waals surface area contributed by atoms with Crippen molar-refractivity contribution in [2.24, 2.45) is 0 Å². The highest BCUT2D eigenvalue weighted by Crippen LogP contribution is 2.27. The van der Waals surface area contributed by atoms with Crippen LogP contribution in [0.3, 0.4) is 0 Å². The molecule has 5 nitrogen and oxygen atoms in total. The average Bonchev–Trinajstić information content (AvgIpc) is 2.69. The van der Waals surface area contributed by atoms with Gasteiger partial charge in [-0.15, -0.1) is 0 Å². The molecule has 27 heavy (non-hydrogen) atoms. The van der Waals surface area contributed by atoms with Gasteiger partial charge in [0.15, 0.2) is 6.61 Å². The van der Waals surface area contributed by atoms with Crippen LogP contribution in [0, 0.1) is 0 Å². The van der Waals surface area contributed by atoms with Crippen molar-refractivity contribution in [1.29, 1.82) is 0 Å². The Hall–Kier alpha value is -2.08. The Bertz CT molecular complexity index is 796. The Morgan fingerprint density at radius 1 is 1.30 bits per heavy atom. The number of hydrogen-bond donors (Lipinski definition) is 2. The van der Waals surface area contributed by atoms with Gasteiger partial charge in [-0.1, -0.05) is 29.8 Å². The molecule has 2 aromatic rings. The van der Waals surface area contributed by atoms with Crippen molar-refractivity contribution in [3.8, 4) is 5.75 Å². The Balaban J connectivity index is 1.66. The predicted molar refractivity (Wildman–Crippen MR) is 104 cm³/mol. The van der Waals surface area contributed by atoms with Crippen molar-refractivity contribution in [1.82, 2.24) is 5.32 Å². The van der Waals surface area contributed by atoms with Crippen LogP contribution in [0.25, 0.3) is 0 Å². The minimum Gasteiger partial charge on any atom is -0.482 e. The number of aliphatic hydroxyl groups excluding tert-OH is 1. The number of ether oxygens (including phenoxy) is 2. The third-order valence-electron chi connectivity index (χ3n) is 4.86. The van der Waals surface area contributed by atoms with E-state index in [1.54, 1.807) is 0 Å². The van der Waals surface area contributed by atoms with E-state index in [9.17, 15) is 9.90 Å². The zero-order chi connectivity index (χ0) is 19.2. The minimum atomic E-state index is -0.403. The van der Waals surface area contributed by atoms with Crippen molar-refractivity contribution in [3.63, 3.8) is 0 Å². The molecule has 0 spiro atoms. The molecule has 0 aromatic heterocycles. The van der Waals surface area contributed by atoms with Gasteiger partial charge in [0.1, 0.15) is 5.75 Å². The molecule has 144 valence electrons. The lowest BCUT2D eigenvalue weighted by Gasteiger charge is -2.29. The number of fused-ring (bicyclic) bond motifs is 1. The maximum absolute atomic E-state index is 11.2. The summed E-state index contributed by atoms with van der Waals surface area (Å²) in [6.07, 6.45) is 2.78. The van der Waals surface area contributed by atoms with Crippen molar-refractivity contribution in [3.05, 3.63) is 64.2 Å². The summed E-state index contributed by atoms with van der Waals surface area (Å²) < 4.78 is 10.1. The maximum Gasteiger partial charge on any atom is 0.343 e. The summed E-state index contributed by atoms with van der Waals surface area (Å²) in [6.45, 7) is -0.0930. The number of rotatable bonds is 7. The van der Waals surface area contributed by atoms with Gasteiger partial charge in [-0.2, -0.15) is 0 Å². The van der Waals surface area contributed by atoms with Crippen molar-refractivity contribution < 1.29 is 19.4 Å². The third-order valence-corrected chi connectivity index (χ3v) is 5.10. The first-order chi connectivity index (χ1) is 13.1. The smallest absolute Gasteiger partial charge is 0.343 e. The van der Waals surface area contributed by atoms with Gasteiger partial charge in [-0.25, -0.2) is 4.79 Å². The SMILES string of the molecule is COC(=O)COc1ccc2c(c1)C[C@H](NC(CO)c1cccc(Cl)c1)CC2. The van der Waals surface area contributed by atoms with E-state index in [0.29, 0.717) is 10.8 Å². The molecule has 0 bridgehead atoms. The van der Waals surface area contributed by atoms with E-state index in [0.717, 1.165) is 24.8 Å². The van der Waals surface area contributed by atoms with Crippen LogP contribution in [0.5, 0.6) is 5.75 Å². The molecule has 1 aliphatic carbocycles. The van der Waals surface area contributed by atoms with Gasteiger partial charge >= 0.3 is 5.97 Å². The topological polar surface area (TPSA) is 67.8 Å². The zero-order valence-electron chi connectivity index (χ0n) is 15.3. The fourth-order valence-electron chi connectivity index (χ4n) is 3.43. The number of benzene rings is 2. The van der Waals surface area contributed by atoms with Crippen LogP contribution in [0.2, 0.25) is 5.02 Å². The molecule has 1 unspecified atom stereocenters. The summed E-state index contributed by atoms with van der Waals surface area (Å²) in [5.41, 5.74) is 3.47. The van der Waals surface area contributed by atoms with Crippen molar-refractivity contribution in [2.75, 3.05) is 20.3 Å². The predicted octanol–water partition coefficient (Wildman–Crippen LogP) is 3.07. The Kier molecular flexibility index (Phi) is 6.72. The first-order valence-corrected chi connectivity index (χ1v) is 9.40. The molecule has 0 saturated heterocycles. The number of nitrogens with one attached hydrogen (secondary N) is 1. The second-order valence-electron chi connectivity index (χ2n) is 6.69. The molecule has 3 rings (SSSR count). The zero-order valence-corrected chi connectivity index (χ0v) is 16.0. The Morgan fingerprint density at radius 3 is 2.89 bits per heavy atom. The molecule has 0 amide bonds. The lowest BCUT2D eigenvalue weighted by atomic mass is 9.87. The first-order valence-electron chi connectivity index (χ1n) is 9.03. The van der Waals surface area contributed by atoms with Crippen LogP contribution in [0.15, 0.2) is 42.5 Å². The van der Waals surface area contributed by atoms with Crippen molar-refractivity contribution >= 4 is 17.6 Å². The minimum absolute atomic E-state index is 0.00593. The summed E-state index contributed by atoms with van der Waals surface area (Å²) in [5, 5.41) is 14.0. The van der Waals surface area contributed by atoms with E-state index < -0.39 is 5.97 Å². The number of carbonyl (C=O) groups excluding carboxylic acids is 1. The molecule has 6 heteroatoms. The average molecular weight is 390 g/mol. The molecule has 2 aromatic carbocycles. The molecule has 0 fully saturated rings. The van der Waals surface area contributed by atoms with Gasteiger partial charge < -0.3 is 19.9 Å². The van der Waals surface area contributed by atoms with E-state index in [1.165, 1.54) is 18.2 Å². The Labute approximate surface area is 164 Å². The third kappa shape index (κ3) is 5.22. The van der Waals surface area contributed by atoms with Crippen LogP contribution in [-0.2, 0) is 22.4 Å². The van der Waals surface area contributed by atoms with E-state index in [-0.39, 0.29) is 25.3 Å². The van der Waals surface area contributed by atoms with Crippen LogP contribution in [0.4, 0.5) is 0 Å². The quantitative estimate of drug-likeness (QED) is 0.712. The number of carbonyl (C=O) groups is 1. The van der Waals surface area contributed by atoms with E-state index in [1.807, 2.05) is 36.4 Å². The summed E-state index contributed by atoms with van der Waals surface area (Å²) in [7, 11) is 1.34. The number of hydrogen-bond acceptors (Lipinski definition) is 5. The molecular weight excluding hydrogens is 366 g/mol. The summed E-state index contributed by atoms with van der Waals surface area (Å²) in [5.74, 6) is 0.257. The van der Waals surface area contributed by atoms with E-state index in [2.05, 4.69) is 16.1 Å². The molecule has 0 saturated carbocycles.